The molecule has 0 unspecified atom stereocenters. The highest BCUT2D eigenvalue weighted by atomic mass is 19.4. The summed E-state index contributed by atoms with van der Waals surface area (Å²) in [4.78, 5) is 26.4. The van der Waals surface area contributed by atoms with Crippen LogP contribution in [0.15, 0.2) is 17.2 Å². The number of hydrazone groups is 1. The zero-order chi connectivity index (χ0) is 20.6. The summed E-state index contributed by atoms with van der Waals surface area (Å²) in [6, 6.07) is 0.854. The Hall–Kier alpha value is -2.79. The first-order chi connectivity index (χ1) is 13.1. The van der Waals surface area contributed by atoms with Crippen LogP contribution in [0.1, 0.15) is 12.0 Å². The second-order valence-corrected chi connectivity index (χ2v) is 6.36. The Morgan fingerprint density at radius 2 is 1.79 bits per heavy atom. The van der Waals surface area contributed by atoms with Gasteiger partial charge in [-0.05, 0) is 11.6 Å². The molecular formula is C16H14F6N4O2. The van der Waals surface area contributed by atoms with Gasteiger partial charge in [0.15, 0.2) is 11.6 Å². The van der Waals surface area contributed by atoms with Crippen LogP contribution in [0, 0.1) is 17.5 Å². The van der Waals surface area contributed by atoms with Crippen molar-refractivity contribution in [1.82, 2.24) is 15.2 Å². The number of hydrogen-bond donors (Lipinski definition) is 1. The van der Waals surface area contributed by atoms with Crippen LogP contribution in [0.25, 0.3) is 0 Å². The number of piperazine rings is 1. The van der Waals surface area contributed by atoms with Gasteiger partial charge in [0, 0.05) is 25.6 Å². The molecule has 0 radical (unpaired) electrons. The van der Waals surface area contributed by atoms with Crippen molar-refractivity contribution in [2.24, 2.45) is 5.10 Å². The Bertz CT molecular complexity index is 841. The van der Waals surface area contributed by atoms with Gasteiger partial charge in [0.1, 0.15) is 17.8 Å². The minimum Gasteiger partial charge on any atom is -0.337 e. The fraction of sp³-hybridized carbons (Fsp3) is 0.438. The standard InChI is InChI=1S/C16H14F6N4O2/c17-10-6-12(19)11(18)4-8(10)3-9(27)5-14(28)25-1-2-26-13(7-25)23-24-15(26)16(20,21)22/h4,6,13,23H,1-3,5,7H2/t13-/m0/s1. The summed E-state index contributed by atoms with van der Waals surface area (Å²) in [5, 5.41) is 3.24. The van der Waals surface area contributed by atoms with Crippen LogP contribution in [0.3, 0.4) is 0 Å². The predicted molar refractivity (Wildman–Crippen MR) is 83.3 cm³/mol. The van der Waals surface area contributed by atoms with E-state index in [1.54, 1.807) is 0 Å². The molecule has 0 saturated carbocycles. The van der Waals surface area contributed by atoms with Crippen molar-refractivity contribution < 1.29 is 35.9 Å². The van der Waals surface area contributed by atoms with Gasteiger partial charge in [-0.15, -0.1) is 0 Å². The number of Topliss-reactive ketones (excluding diaryl/α,β-unsaturated/α-hetero) is 1. The second kappa shape index (κ2) is 7.32. The topological polar surface area (TPSA) is 65.0 Å². The molecular weight excluding hydrogens is 394 g/mol. The maximum atomic E-state index is 13.6. The molecule has 1 fully saturated rings. The van der Waals surface area contributed by atoms with Gasteiger partial charge in [-0.1, -0.05) is 0 Å². The number of alkyl halides is 3. The number of nitrogens with one attached hydrogen (secondary N) is 1. The van der Waals surface area contributed by atoms with E-state index in [1.165, 1.54) is 4.90 Å². The average Bonchev–Trinajstić information content (AvgIpc) is 3.03. The number of benzene rings is 1. The monoisotopic (exact) mass is 408 g/mol. The summed E-state index contributed by atoms with van der Waals surface area (Å²) >= 11 is 0. The van der Waals surface area contributed by atoms with Crippen molar-refractivity contribution in [3.05, 3.63) is 35.1 Å². The van der Waals surface area contributed by atoms with Crippen LogP contribution >= 0.6 is 0 Å². The molecule has 0 aromatic heterocycles. The van der Waals surface area contributed by atoms with E-state index >= 15 is 0 Å². The second-order valence-electron chi connectivity index (χ2n) is 6.36. The van der Waals surface area contributed by atoms with Crippen LogP contribution in [-0.4, -0.2) is 59.3 Å². The summed E-state index contributed by atoms with van der Waals surface area (Å²) in [5.41, 5.74) is 1.91. The SMILES string of the molecule is O=C(CC(=O)N1CCN2C(C(F)(F)F)=NN[C@@H]2C1)Cc1cc(F)c(F)cc1F. The molecule has 0 spiro atoms. The molecule has 12 heteroatoms. The zero-order valence-corrected chi connectivity index (χ0v) is 14.2. The van der Waals surface area contributed by atoms with Crippen molar-refractivity contribution in [2.75, 3.05) is 19.6 Å². The fourth-order valence-electron chi connectivity index (χ4n) is 3.05. The number of hydrogen-bond acceptors (Lipinski definition) is 5. The highest BCUT2D eigenvalue weighted by Crippen LogP contribution is 2.26. The van der Waals surface area contributed by atoms with Crippen molar-refractivity contribution in [3.63, 3.8) is 0 Å². The maximum absolute atomic E-state index is 13.6. The van der Waals surface area contributed by atoms with Gasteiger partial charge in [-0.25, -0.2) is 13.2 Å². The molecule has 1 N–H and O–H groups in total. The van der Waals surface area contributed by atoms with E-state index in [1.807, 2.05) is 0 Å². The molecule has 152 valence electrons. The third kappa shape index (κ3) is 4.04. The van der Waals surface area contributed by atoms with Crippen molar-refractivity contribution in [2.45, 2.75) is 25.2 Å². The Balaban J connectivity index is 1.56. The van der Waals surface area contributed by atoms with E-state index in [0.717, 1.165) is 4.90 Å². The lowest BCUT2D eigenvalue weighted by Crippen LogP contribution is -2.59. The van der Waals surface area contributed by atoms with Crippen LogP contribution in [0.4, 0.5) is 26.3 Å². The molecule has 1 aromatic rings. The largest absolute Gasteiger partial charge is 0.451 e. The number of carbonyl (C=O) groups is 2. The third-order valence-electron chi connectivity index (χ3n) is 4.40. The average molecular weight is 408 g/mol. The Morgan fingerprint density at radius 3 is 2.46 bits per heavy atom. The zero-order valence-electron chi connectivity index (χ0n) is 14.2. The Kier molecular flexibility index (Phi) is 5.22. The van der Waals surface area contributed by atoms with Gasteiger partial charge in [0.05, 0.1) is 13.0 Å². The molecule has 0 aliphatic carbocycles. The van der Waals surface area contributed by atoms with Crippen LogP contribution < -0.4 is 5.43 Å². The van der Waals surface area contributed by atoms with Gasteiger partial charge >= 0.3 is 6.18 Å². The first-order valence-electron chi connectivity index (χ1n) is 8.16. The Labute approximate surface area is 154 Å². The van der Waals surface area contributed by atoms with E-state index in [9.17, 15) is 35.9 Å². The fourth-order valence-corrected chi connectivity index (χ4v) is 3.05. The molecule has 0 bridgehead atoms. The number of ketones is 1. The van der Waals surface area contributed by atoms with Gasteiger partial charge in [0.2, 0.25) is 11.7 Å². The van der Waals surface area contributed by atoms with Crippen LogP contribution in [0.2, 0.25) is 0 Å². The van der Waals surface area contributed by atoms with Crippen molar-refractivity contribution in [3.8, 4) is 0 Å². The molecule has 1 saturated heterocycles. The first-order valence-corrected chi connectivity index (χ1v) is 8.16. The van der Waals surface area contributed by atoms with E-state index in [0.29, 0.717) is 12.1 Å². The number of fused-ring (bicyclic) bond motifs is 1. The predicted octanol–water partition coefficient (Wildman–Crippen LogP) is 1.55. The summed E-state index contributed by atoms with van der Waals surface area (Å²) in [6.45, 7) is -0.318. The molecule has 1 atom stereocenters. The highest BCUT2D eigenvalue weighted by molar-refractivity contribution is 5.99. The van der Waals surface area contributed by atoms with E-state index in [4.69, 9.17) is 0 Å². The smallest absolute Gasteiger partial charge is 0.337 e. The number of amidine groups is 1. The number of nitrogens with zero attached hydrogens (tertiary/aromatic N) is 3. The third-order valence-corrected chi connectivity index (χ3v) is 4.40. The lowest BCUT2D eigenvalue weighted by molar-refractivity contribution is -0.137. The Morgan fingerprint density at radius 1 is 1.11 bits per heavy atom. The van der Waals surface area contributed by atoms with Crippen LogP contribution in [-0.2, 0) is 16.0 Å². The first kappa shape index (κ1) is 20.0. The number of rotatable bonds is 4. The van der Waals surface area contributed by atoms with Crippen LogP contribution in [0.5, 0.6) is 0 Å². The summed E-state index contributed by atoms with van der Waals surface area (Å²) in [6.07, 6.45) is -6.75. The minimum atomic E-state index is -4.63. The molecule has 28 heavy (non-hydrogen) atoms. The molecule has 1 aromatic carbocycles. The summed E-state index contributed by atoms with van der Waals surface area (Å²) in [5.74, 6) is -6.29. The number of carbonyl (C=O) groups excluding carboxylic acids is 2. The molecule has 3 rings (SSSR count). The lowest BCUT2D eigenvalue weighted by Gasteiger charge is -2.38. The molecule has 2 aliphatic rings. The van der Waals surface area contributed by atoms with Crippen molar-refractivity contribution >= 4 is 17.5 Å². The van der Waals surface area contributed by atoms with Gasteiger partial charge in [-0.2, -0.15) is 18.3 Å². The molecule has 2 heterocycles. The van der Waals surface area contributed by atoms with Gasteiger partial charge in [-0.3, -0.25) is 15.0 Å². The lowest BCUT2D eigenvalue weighted by atomic mass is 10.1. The van der Waals surface area contributed by atoms with Crippen molar-refractivity contribution in [1.29, 1.82) is 0 Å². The van der Waals surface area contributed by atoms with E-state index in [-0.39, 0.29) is 25.2 Å². The minimum absolute atomic E-state index is 0.0566. The maximum Gasteiger partial charge on any atom is 0.451 e. The quantitative estimate of drug-likeness (QED) is 0.467. The summed E-state index contributed by atoms with van der Waals surface area (Å²) in [7, 11) is 0. The van der Waals surface area contributed by atoms with Gasteiger partial charge < -0.3 is 9.80 Å². The molecule has 2 aliphatic heterocycles. The summed E-state index contributed by atoms with van der Waals surface area (Å²) < 4.78 is 78.2. The van der Waals surface area contributed by atoms with E-state index < -0.39 is 60.2 Å². The molecule has 6 nitrogen and oxygen atoms in total. The number of halogens is 6. The van der Waals surface area contributed by atoms with E-state index in [2.05, 4.69) is 10.5 Å². The number of amides is 1. The van der Waals surface area contributed by atoms with Gasteiger partial charge in [0.25, 0.3) is 0 Å². The highest BCUT2D eigenvalue weighted by Gasteiger charge is 2.47. The molecule has 1 amide bonds. The normalized spacial score (nSPS) is 19.2.